The Morgan fingerprint density at radius 1 is 1.11 bits per heavy atom. The number of hydrogen-bond donors (Lipinski definition) is 0. The second-order valence-corrected chi connectivity index (χ2v) is 5.16. The molecular formula is C15H19N3. The molecule has 2 aromatic rings. The lowest BCUT2D eigenvalue weighted by Gasteiger charge is -2.31. The quantitative estimate of drug-likeness (QED) is 0.806. The van der Waals surface area contributed by atoms with Gasteiger partial charge in [-0.1, -0.05) is 30.3 Å². The van der Waals surface area contributed by atoms with Crippen molar-refractivity contribution in [2.75, 3.05) is 6.54 Å². The van der Waals surface area contributed by atoms with Gasteiger partial charge in [0.25, 0.3) is 0 Å². The van der Waals surface area contributed by atoms with Crippen molar-refractivity contribution in [1.29, 1.82) is 0 Å². The van der Waals surface area contributed by atoms with Crippen LogP contribution >= 0.6 is 0 Å². The molecule has 0 saturated carbocycles. The summed E-state index contributed by atoms with van der Waals surface area (Å²) < 4.78 is 2.36. The maximum atomic E-state index is 4.60. The van der Waals surface area contributed by atoms with E-state index in [0.717, 1.165) is 25.5 Å². The molecule has 0 atom stereocenters. The summed E-state index contributed by atoms with van der Waals surface area (Å²) in [5.74, 6) is 1.11. The van der Waals surface area contributed by atoms with Gasteiger partial charge >= 0.3 is 0 Å². The van der Waals surface area contributed by atoms with Gasteiger partial charge in [-0.15, -0.1) is 0 Å². The lowest BCUT2D eigenvalue weighted by molar-refractivity contribution is 0.177. The van der Waals surface area contributed by atoms with Crippen LogP contribution in [-0.2, 0) is 13.1 Å². The number of aromatic nitrogens is 2. The van der Waals surface area contributed by atoms with Crippen molar-refractivity contribution in [3.63, 3.8) is 0 Å². The van der Waals surface area contributed by atoms with Gasteiger partial charge in [-0.05, 0) is 13.8 Å². The molecular weight excluding hydrogens is 222 g/mol. The van der Waals surface area contributed by atoms with Crippen molar-refractivity contribution < 1.29 is 0 Å². The minimum Gasteiger partial charge on any atom is -0.326 e. The van der Waals surface area contributed by atoms with Crippen LogP contribution in [0.15, 0.2) is 36.5 Å². The molecule has 0 unspecified atom stereocenters. The van der Waals surface area contributed by atoms with Crippen LogP contribution in [0.25, 0.3) is 11.4 Å². The number of imidazole rings is 1. The average molecular weight is 241 g/mol. The van der Waals surface area contributed by atoms with Gasteiger partial charge in [-0.3, -0.25) is 4.90 Å². The third-order valence-corrected chi connectivity index (χ3v) is 3.68. The van der Waals surface area contributed by atoms with Gasteiger partial charge in [-0.25, -0.2) is 4.98 Å². The lowest BCUT2D eigenvalue weighted by Crippen LogP contribution is -2.38. The highest BCUT2D eigenvalue weighted by Gasteiger charge is 2.21. The van der Waals surface area contributed by atoms with E-state index < -0.39 is 0 Å². The first-order valence-electron chi connectivity index (χ1n) is 6.59. The molecule has 1 aliphatic rings. The van der Waals surface area contributed by atoms with Crippen molar-refractivity contribution in [3.05, 3.63) is 42.2 Å². The first-order chi connectivity index (χ1) is 8.75. The third-order valence-electron chi connectivity index (χ3n) is 3.68. The predicted octanol–water partition coefficient (Wildman–Crippen LogP) is 2.77. The molecule has 1 aromatic heterocycles. The second kappa shape index (κ2) is 4.58. The van der Waals surface area contributed by atoms with E-state index in [9.17, 15) is 0 Å². The Morgan fingerprint density at radius 2 is 1.89 bits per heavy atom. The van der Waals surface area contributed by atoms with E-state index >= 15 is 0 Å². The highest BCUT2D eigenvalue weighted by molar-refractivity contribution is 5.56. The second-order valence-electron chi connectivity index (χ2n) is 5.16. The normalized spacial score (nSPS) is 15.9. The third kappa shape index (κ3) is 1.95. The minimum absolute atomic E-state index is 0.605. The first-order valence-corrected chi connectivity index (χ1v) is 6.59. The fraction of sp³-hybridized carbons (Fsp3) is 0.400. The van der Waals surface area contributed by atoms with Crippen molar-refractivity contribution in [3.8, 4) is 11.4 Å². The SMILES string of the molecule is CC(C)N1CCn2c(cnc2-c2ccccc2)C1. The van der Waals surface area contributed by atoms with Crippen LogP contribution in [0.5, 0.6) is 0 Å². The van der Waals surface area contributed by atoms with E-state index in [1.165, 1.54) is 11.3 Å². The lowest BCUT2D eigenvalue weighted by atomic mass is 10.2. The summed E-state index contributed by atoms with van der Waals surface area (Å²) in [7, 11) is 0. The Balaban J connectivity index is 1.94. The molecule has 2 heterocycles. The summed E-state index contributed by atoms with van der Waals surface area (Å²) in [5.41, 5.74) is 2.54. The summed E-state index contributed by atoms with van der Waals surface area (Å²) in [5, 5.41) is 0. The van der Waals surface area contributed by atoms with E-state index in [0.29, 0.717) is 6.04 Å². The Bertz CT molecular complexity index is 528. The van der Waals surface area contributed by atoms with E-state index in [2.05, 4.69) is 52.6 Å². The number of benzene rings is 1. The van der Waals surface area contributed by atoms with E-state index in [1.54, 1.807) is 0 Å². The molecule has 0 bridgehead atoms. The Hall–Kier alpha value is -1.61. The van der Waals surface area contributed by atoms with Gasteiger partial charge in [0.05, 0.1) is 11.9 Å². The molecule has 0 spiro atoms. The summed E-state index contributed by atoms with van der Waals surface area (Å²) in [6, 6.07) is 11.0. The molecule has 0 N–H and O–H groups in total. The number of hydrogen-bond acceptors (Lipinski definition) is 2. The molecule has 0 amide bonds. The van der Waals surface area contributed by atoms with Gasteiger partial charge in [0.1, 0.15) is 5.82 Å². The average Bonchev–Trinajstić information content (AvgIpc) is 2.82. The van der Waals surface area contributed by atoms with Crippen LogP contribution in [0.4, 0.5) is 0 Å². The zero-order valence-electron chi connectivity index (χ0n) is 11.0. The fourth-order valence-electron chi connectivity index (χ4n) is 2.56. The molecule has 0 radical (unpaired) electrons. The Kier molecular flexibility index (Phi) is 2.92. The van der Waals surface area contributed by atoms with Crippen LogP contribution in [0.3, 0.4) is 0 Å². The molecule has 0 aliphatic carbocycles. The van der Waals surface area contributed by atoms with Crippen molar-refractivity contribution in [2.24, 2.45) is 0 Å². The Labute approximate surface area is 108 Å². The van der Waals surface area contributed by atoms with Crippen LogP contribution < -0.4 is 0 Å². The Morgan fingerprint density at radius 3 is 2.61 bits per heavy atom. The van der Waals surface area contributed by atoms with Gasteiger partial charge < -0.3 is 4.57 Å². The fourth-order valence-corrected chi connectivity index (χ4v) is 2.56. The zero-order valence-corrected chi connectivity index (χ0v) is 11.0. The highest BCUT2D eigenvalue weighted by atomic mass is 15.2. The van der Waals surface area contributed by atoms with Crippen LogP contribution in [0.1, 0.15) is 19.5 Å². The molecule has 3 nitrogen and oxygen atoms in total. The van der Waals surface area contributed by atoms with E-state index in [1.807, 2.05) is 12.3 Å². The molecule has 1 aromatic carbocycles. The number of rotatable bonds is 2. The van der Waals surface area contributed by atoms with Gasteiger partial charge in [0.15, 0.2) is 0 Å². The van der Waals surface area contributed by atoms with Crippen LogP contribution in [0, 0.1) is 0 Å². The molecule has 3 heteroatoms. The molecule has 0 saturated heterocycles. The largest absolute Gasteiger partial charge is 0.326 e. The van der Waals surface area contributed by atoms with Gasteiger partial charge in [0.2, 0.25) is 0 Å². The van der Waals surface area contributed by atoms with Gasteiger partial charge in [0, 0.05) is 31.2 Å². The van der Waals surface area contributed by atoms with E-state index in [4.69, 9.17) is 0 Å². The highest BCUT2D eigenvalue weighted by Crippen LogP contribution is 2.23. The van der Waals surface area contributed by atoms with E-state index in [-0.39, 0.29) is 0 Å². The van der Waals surface area contributed by atoms with Crippen molar-refractivity contribution in [2.45, 2.75) is 33.0 Å². The molecule has 0 fully saturated rings. The summed E-state index contributed by atoms with van der Waals surface area (Å²) in [4.78, 5) is 7.09. The monoisotopic (exact) mass is 241 g/mol. The van der Waals surface area contributed by atoms with Crippen molar-refractivity contribution in [1.82, 2.24) is 14.5 Å². The minimum atomic E-state index is 0.605. The number of nitrogens with zero attached hydrogens (tertiary/aromatic N) is 3. The summed E-state index contributed by atoms with van der Waals surface area (Å²) in [6.07, 6.45) is 2.02. The molecule has 3 rings (SSSR count). The molecule has 1 aliphatic heterocycles. The van der Waals surface area contributed by atoms with Gasteiger partial charge in [-0.2, -0.15) is 0 Å². The smallest absolute Gasteiger partial charge is 0.140 e. The van der Waals surface area contributed by atoms with Crippen LogP contribution in [-0.4, -0.2) is 27.0 Å². The first kappa shape index (κ1) is 11.5. The zero-order chi connectivity index (χ0) is 12.5. The predicted molar refractivity (Wildman–Crippen MR) is 73.2 cm³/mol. The topological polar surface area (TPSA) is 21.1 Å². The van der Waals surface area contributed by atoms with Crippen LogP contribution in [0.2, 0.25) is 0 Å². The number of fused-ring (bicyclic) bond motifs is 1. The summed E-state index contributed by atoms with van der Waals surface area (Å²) >= 11 is 0. The van der Waals surface area contributed by atoms with Crippen molar-refractivity contribution >= 4 is 0 Å². The summed E-state index contributed by atoms with van der Waals surface area (Å²) in [6.45, 7) is 7.67. The molecule has 94 valence electrons. The maximum Gasteiger partial charge on any atom is 0.140 e. The standard InChI is InChI=1S/C15H19N3/c1-12(2)17-8-9-18-14(11-17)10-16-15(18)13-6-4-3-5-7-13/h3-7,10,12H,8-9,11H2,1-2H3. The maximum absolute atomic E-state index is 4.60. The molecule has 18 heavy (non-hydrogen) atoms.